The lowest BCUT2D eigenvalue weighted by atomic mass is 9.97. The fourth-order valence-corrected chi connectivity index (χ4v) is 2.24. The quantitative estimate of drug-likeness (QED) is 0.391. The monoisotopic (exact) mass is 477 g/mol. The van der Waals surface area contributed by atoms with E-state index in [9.17, 15) is 0 Å². The number of aliphatic imine (C=N–C) groups is 1. The maximum absolute atomic E-state index is 5.99. The molecule has 0 bridgehead atoms. The molecular weight excluding hydrogens is 453 g/mol. The van der Waals surface area contributed by atoms with Gasteiger partial charge in [0.2, 0.25) is 5.89 Å². The van der Waals surface area contributed by atoms with E-state index >= 15 is 0 Å². The Bertz CT molecular complexity index is 696. The van der Waals surface area contributed by atoms with Crippen LogP contribution >= 0.6 is 35.6 Å². The molecule has 0 radical (unpaired) electrons. The van der Waals surface area contributed by atoms with Gasteiger partial charge in [-0.2, -0.15) is 4.98 Å². The molecule has 0 unspecified atom stereocenters. The van der Waals surface area contributed by atoms with Crippen molar-refractivity contribution >= 4 is 41.5 Å². The molecule has 0 aliphatic rings. The van der Waals surface area contributed by atoms with Gasteiger partial charge in [0.15, 0.2) is 11.8 Å². The van der Waals surface area contributed by atoms with Gasteiger partial charge < -0.3 is 15.2 Å². The SMILES string of the molecule is CN=C(NCCc1cccc(Cl)c1)NCc1noc(C(C)(C)C)n1.I. The minimum atomic E-state index is -0.151. The highest BCUT2D eigenvalue weighted by Gasteiger charge is 2.21. The Kier molecular flexibility index (Phi) is 8.64. The molecule has 0 saturated carbocycles. The van der Waals surface area contributed by atoms with Crippen LogP contribution in [0.4, 0.5) is 0 Å². The molecule has 0 fully saturated rings. The lowest BCUT2D eigenvalue weighted by Crippen LogP contribution is -2.38. The van der Waals surface area contributed by atoms with Crippen LogP contribution in [-0.2, 0) is 18.4 Å². The summed E-state index contributed by atoms with van der Waals surface area (Å²) < 4.78 is 5.27. The lowest BCUT2D eigenvalue weighted by Gasteiger charge is -2.11. The van der Waals surface area contributed by atoms with Crippen molar-refractivity contribution in [1.82, 2.24) is 20.8 Å². The number of hydrogen-bond donors (Lipinski definition) is 2. The van der Waals surface area contributed by atoms with Gasteiger partial charge in [0.25, 0.3) is 0 Å². The van der Waals surface area contributed by atoms with Gasteiger partial charge in [-0.25, -0.2) is 0 Å². The van der Waals surface area contributed by atoms with Crippen molar-refractivity contribution in [3.05, 3.63) is 46.6 Å². The number of halogens is 2. The summed E-state index contributed by atoms with van der Waals surface area (Å²) in [6.45, 7) is 7.31. The van der Waals surface area contributed by atoms with Crippen molar-refractivity contribution in [3.8, 4) is 0 Å². The first-order valence-electron chi connectivity index (χ1n) is 7.90. The normalized spacial score (nSPS) is 11.8. The highest BCUT2D eigenvalue weighted by atomic mass is 127. The second-order valence-electron chi connectivity index (χ2n) is 6.50. The standard InChI is InChI=1S/C17H24ClN5O.HI/c1-17(2,3)15-22-14(23-24-15)11-21-16(19-4)20-9-8-12-6-5-7-13(18)10-12;/h5-7,10H,8-9,11H2,1-4H3,(H2,19,20,21);1H. The minimum absolute atomic E-state index is 0. The van der Waals surface area contributed by atoms with Gasteiger partial charge in [-0.05, 0) is 24.1 Å². The van der Waals surface area contributed by atoms with E-state index in [0.29, 0.717) is 24.2 Å². The fraction of sp³-hybridized carbons (Fsp3) is 0.471. The molecule has 138 valence electrons. The van der Waals surface area contributed by atoms with Crippen LogP contribution in [0.2, 0.25) is 5.02 Å². The zero-order valence-electron chi connectivity index (χ0n) is 15.0. The topological polar surface area (TPSA) is 75.3 Å². The highest BCUT2D eigenvalue weighted by Crippen LogP contribution is 2.19. The second kappa shape index (κ2) is 9.96. The zero-order chi connectivity index (χ0) is 17.6. The van der Waals surface area contributed by atoms with Gasteiger partial charge in [0.1, 0.15) is 0 Å². The van der Waals surface area contributed by atoms with E-state index in [4.69, 9.17) is 16.1 Å². The Hall–Kier alpha value is -1.35. The van der Waals surface area contributed by atoms with E-state index in [1.807, 2.05) is 39.0 Å². The molecule has 8 heteroatoms. The van der Waals surface area contributed by atoms with Gasteiger partial charge in [-0.3, -0.25) is 4.99 Å². The first kappa shape index (κ1) is 21.7. The van der Waals surface area contributed by atoms with Crippen molar-refractivity contribution in [2.24, 2.45) is 4.99 Å². The molecule has 1 aromatic heterocycles. The molecular formula is C17H25ClIN5O. The summed E-state index contributed by atoms with van der Waals surface area (Å²) in [6, 6.07) is 7.84. The third kappa shape index (κ3) is 7.19. The van der Waals surface area contributed by atoms with E-state index in [-0.39, 0.29) is 29.4 Å². The molecule has 0 aliphatic heterocycles. The van der Waals surface area contributed by atoms with E-state index in [2.05, 4.69) is 31.8 Å². The predicted octanol–water partition coefficient (Wildman–Crippen LogP) is 3.55. The maximum atomic E-state index is 5.99. The molecule has 2 rings (SSSR count). The van der Waals surface area contributed by atoms with Crippen LogP contribution in [0.5, 0.6) is 0 Å². The van der Waals surface area contributed by atoms with E-state index in [0.717, 1.165) is 18.0 Å². The van der Waals surface area contributed by atoms with Crippen LogP contribution < -0.4 is 10.6 Å². The first-order valence-corrected chi connectivity index (χ1v) is 8.28. The molecule has 2 aromatic rings. The highest BCUT2D eigenvalue weighted by molar-refractivity contribution is 14.0. The largest absolute Gasteiger partial charge is 0.356 e. The average molecular weight is 478 g/mol. The smallest absolute Gasteiger partial charge is 0.232 e. The summed E-state index contributed by atoms with van der Waals surface area (Å²) in [5.74, 6) is 1.93. The summed E-state index contributed by atoms with van der Waals surface area (Å²) in [5, 5.41) is 11.2. The Morgan fingerprint density at radius 2 is 2.04 bits per heavy atom. The number of guanidine groups is 1. The van der Waals surface area contributed by atoms with Crippen molar-refractivity contribution in [2.45, 2.75) is 39.2 Å². The molecule has 0 amide bonds. The molecule has 0 atom stereocenters. The Morgan fingerprint density at radius 3 is 2.64 bits per heavy atom. The van der Waals surface area contributed by atoms with E-state index in [1.165, 1.54) is 5.56 Å². The molecule has 2 N–H and O–H groups in total. The van der Waals surface area contributed by atoms with Crippen LogP contribution in [0.1, 0.15) is 38.0 Å². The van der Waals surface area contributed by atoms with Gasteiger partial charge in [0.05, 0.1) is 6.54 Å². The predicted molar refractivity (Wildman–Crippen MR) is 112 cm³/mol. The van der Waals surface area contributed by atoms with E-state index in [1.54, 1.807) is 7.05 Å². The van der Waals surface area contributed by atoms with Crippen molar-refractivity contribution in [1.29, 1.82) is 0 Å². The molecule has 6 nitrogen and oxygen atoms in total. The number of rotatable bonds is 5. The molecule has 25 heavy (non-hydrogen) atoms. The summed E-state index contributed by atoms with van der Waals surface area (Å²) in [6.07, 6.45) is 0.859. The van der Waals surface area contributed by atoms with Crippen LogP contribution in [0, 0.1) is 0 Å². The fourth-order valence-electron chi connectivity index (χ4n) is 2.03. The summed E-state index contributed by atoms with van der Waals surface area (Å²) in [7, 11) is 1.73. The van der Waals surface area contributed by atoms with Gasteiger partial charge >= 0.3 is 0 Å². The van der Waals surface area contributed by atoms with Crippen molar-refractivity contribution in [2.75, 3.05) is 13.6 Å². The summed E-state index contributed by atoms with van der Waals surface area (Å²) >= 11 is 5.99. The zero-order valence-corrected chi connectivity index (χ0v) is 18.1. The molecule has 0 spiro atoms. The van der Waals surface area contributed by atoms with Crippen LogP contribution in [0.25, 0.3) is 0 Å². The number of nitrogens with zero attached hydrogens (tertiary/aromatic N) is 3. The van der Waals surface area contributed by atoms with Gasteiger partial charge in [-0.1, -0.05) is 49.7 Å². The van der Waals surface area contributed by atoms with E-state index < -0.39 is 0 Å². The van der Waals surface area contributed by atoms with Crippen LogP contribution in [0.15, 0.2) is 33.8 Å². The number of hydrogen-bond acceptors (Lipinski definition) is 4. The molecule has 0 aliphatic carbocycles. The first-order chi connectivity index (χ1) is 11.4. The number of benzene rings is 1. The van der Waals surface area contributed by atoms with Gasteiger partial charge in [-0.15, -0.1) is 24.0 Å². The van der Waals surface area contributed by atoms with Gasteiger partial charge in [0, 0.05) is 24.0 Å². The molecule has 1 aromatic carbocycles. The minimum Gasteiger partial charge on any atom is -0.356 e. The summed E-state index contributed by atoms with van der Waals surface area (Å²) in [4.78, 5) is 8.58. The third-order valence-electron chi connectivity index (χ3n) is 3.34. The lowest BCUT2D eigenvalue weighted by molar-refractivity contribution is 0.318. The average Bonchev–Trinajstić information content (AvgIpc) is 3.00. The Labute approximate surface area is 170 Å². The number of aromatic nitrogens is 2. The maximum Gasteiger partial charge on any atom is 0.232 e. The molecule has 0 saturated heterocycles. The number of nitrogens with one attached hydrogen (secondary N) is 2. The van der Waals surface area contributed by atoms with Crippen molar-refractivity contribution < 1.29 is 4.52 Å². The summed E-state index contributed by atoms with van der Waals surface area (Å²) in [5.41, 5.74) is 1.03. The second-order valence-corrected chi connectivity index (χ2v) is 6.93. The van der Waals surface area contributed by atoms with Crippen molar-refractivity contribution in [3.63, 3.8) is 0 Å². The third-order valence-corrected chi connectivity index (χ3v) is 3.58. The van der Waals surface area contributed by atoms with Crippen LogP contribution in [0.3, 0.4) is 0 Å². The Morgan fingerprint density at radius 1 is 1.28 bits per heavy atom. The van der Waals surface area contributed by atoms with Crippen LogP contribution in [-0.4, -0.2) is 29.7 Å². The molecule has 1 heterocycles. The Balaban J connectivity index is 0.00000312.